The second-order valence-electron chi connectivity index (χ2n) is 6.92. The lowest BCUT2D eigenvalue weighted by Gasteiger charge is -2.28. The molecule has 2 N–H and O–H groups in total. The first-order chi connectivity index (χ1) is 13.1. The van der Waals surface area contributed by atoms with Crippen molar-refractivity contribution in [1.29, 1.82) is 0 Å². The molecule has 2 aliphatic heterocycles. The highest BCUT2D eigenvalue weighted by Gasteiger charge is 2.43. The Bertz CT molecular complexity index is 695. The first kappa shape index (κ1) is 18.9. The van der Waals surface area contributed by atoms with Crippen molar-refractivity contribution >= 4 is 23.9 Å². The summed E-state index contributed by atoms with van der Waals surface area (Å²) < 4.78 is 0. The lowest BCUT2D eigenvalue weighted by molar-refractivity contribution is -0.143. The van der Waals surface area contributed by atoms with E-state index in [0.717, 1.165) is 12.0 Å². The first-order valence-corrected chi connectivity index (χ1v) is 9.42. The normalized spacial score (nSPS) is 21.9. The highest BCUT2D eigenvalue weighted by Crippen LogP contribution is 2.20. The Morgan fingerprint density at radius 3 is 2.81 bits per heavy atom. The molecule has 144 valence electrons. The van der Waals surface area contributed by atoms with Crippen LogP contribution in [0, 0.1) is 0 Å². The number of benzene rings is 1. The largest absolute Gasteiger partial charge is 0.345 e. The first-order valence-electron chi connectivity index (χ1n) is 9.42. The summed E-state index contributed by atoms with van der Waals surface area (Å²) in [6.07, 6.45) is 5.28. The number of fused-ring (bicyclic) bond motifs is 1. The molecule has 3 rings (SSSR count). The Labute approximate surface area is 159 Å². The van der Waals surface area contributed by atoms with Crippen LogP contribution in [-0.2, 0) is 9.59 Å². The minimum atomic E-state index is -0.464. The molecule has 2 saturated heterocycles. The predicted octanol–water partition coefficient (Wildman–Crippen LogP) is 1.22. The molecule has 2 aliphatic rings. The van der Waals surface area contributed by atoms with Gasteiger partial charge >= 0.3 is 6.03 Å². The van der Waals surface area contributed by atoms with Crippen molar-refractivity contribution in [2.75, 3.05) is 26.2 Å². The van der Waals surface area contributed by atoms with Crippen molar-refractivity contribution in [3.8, 4) is 0 Å². The number of hydrogen-bond acceptors (Lipinski definition) is 3. The minimum absolute atomic E-state index is 0.0439. The smallest absolute Gasteiger partial charge is 0.317 e. The van der Waals surface area contributed by atoms with Gasteiger partial charge in [0.2, 0.25) is 11.8 Å². The Morgan fingerprint density at radius 2 is 2.11 bits per heavy atom. The average Bonchev–Trinajstić information content (AvgIpc) is 3.10. The Hall–Kier alpha value is -2.83. The molecule has 7 nitrogen and oxygen atoms in total. The zero-order chi connectivity index (χ0) is 19.2. The molecule has 7 heteroatoms. The highest BCUT2D eigenvalue weighted by molar-refractivity contribution is 5.95. The lowest BCUT2D eigenvalue weighted by atomic mass is 10.1. The van der Waals surface area contributed by atoms with Gasteiger partial charge in [-0.15, -0.1) is 0 Å². The summed E-state index contributed by atoms with van der Waals surface area (Å²) in [6.45, 7) is 3.61. The monoisotopic (exact) mass is 370 g/mol. The molecule has 27 heavy (non-hydrogen) atoms. The number of urea groups is 1. The van der Waals surface area contributed by atoms with Crippen LogP contribution in [0.15, 0.2) is 36.4 Å². The third-order valence-electron chi connectivity index (χ3n) is 4.88. The molecule has 4 amide bonds. The van der Waals surface area contributed by atoms with Crippen molar-refractivity contribution in [1.82, 2.24) is 20.4 Å². The summed E-state index contributed by atoms with van der Waals surface area (Å²) in [5.74, 6) is -0.227. The van der Waals surface area contributed by atoms with Gasteiger partial charge in [-0.1, -0.05) is 49.4 Å². The third-order valence-corrected chi connectivity index (χ3v) is 4.88. The number of nitrogens with one attached hydrogen (secondary N) is 2. The van der Waals surface area contributed by atoms with Crippen LogP contribution in [0.5, 0.6) is 0 Å². The number of piperazine rings is 1. The van der Waals surface area contributed by atoms with Crippen molar-refractivity contribution in [2.24, 2.45) is 0 Å². The van der Waals surface area contributed by atoms with E-state index in [9.17, 15) is 14.4 Å². The van der Waals surface area contributed by atoms with Gasteiger partial charge in [0.15, 0.2) is 0 Å². The Kier molecular flexibility index (Phi) is 6.11. The van der Waals surface area contributed by atoms with Gasteiger partial charge < -0.3 is 20.4 Å². The van der Waals surface area contributed by atoms with Crippen LogP contribution < -0.4 is 10.6 Å². The fraction of sp³-hybridized carbons (Fsp3) is 0.450. The molecule has 2 fully saturated rings. The molecule has 0 aromatic heterocycles. The quantitative estimate of drug-likeness (QED) is 0.790. The molecule has 0 spiro atoms. The minimum Gasteiger partial charge on any atom is -0.345 e. The molecule has 0 saturated carbocycles. The zero-order valence-corrected chi connectivity index (χ0v) is 15.6. The lowest BCUT2D eigenvalue weighted by Crippen LogP contribution is -2.55. The van der Waals surface area contributed by atoms with Crippen molar-refractivity contribution in [2.45, 2.75) is 31.8 Å². The van der Waals surface area contributed by atoms with Gasteiger partial charge in [0.05, 0.1) is 12.6 Å². The van der Waals surface area contributed by atoms with Crippen LogP contribution in [0.4, 0.5) is 4.79 Å². The number of hydrogen-bond donors (Lipinski definition) is 2. The molecule has 2 atom stereocenters. The van der Waals surface area contributed by atoms with Gasteiger partial charge in [0.1, 0.15) is 6.04 Å². The van der Waals surface area contributed by atoms with Crippen LogP contribution >= 0.6 is 0 Å². The average molecular weight is 370 g/mol. The molecule has 0 unspecified atom stereocenters. The van der Waals surface area contributed by atoms with Crippen LogP contribution in [0.3, 0.4) is 0 Å². The molecule has 1 aromatic rings. The number of carbonyl (C=O) groups is 3. The van der Waals surface area contributed by atoms with Crippen molar-refractivity contribution in [3.63, 3.8) is 0 Å². The fourth-order valence-corrected chi connectivity index (χ4v) is 3.54. The van der Waals surface area contributed by atoms with Crippen LogP contribution in [0.1, 0.15) is 25.3 Å². The van der Waals surface area contributed by atoms with Gasteiger partial charge in [-0.3, -0.25) is 9.59 Å². The second kappa shape index (κ2) is 8.70. The van der Waals surface area contributed by atoms with E-state index in [4.69, 9.17) is 0 Å². The fourth-order valence-electron chi connectivity index (χ4n) is 3.54. The summed E-state index contributed by atoms with van der Waals surface area (Å²) in [7, 11) is 0. The molecule has 0 aliphatic carbocycles. The van der Waals surface area contributed by atoms with E-state index < -0.39 is 6.04 Å². The zero-order valence-electron chi connectivity index (χ0n) is 15.6. The van der Waals surface area contributed by atoms with E-state index in [-0.39, 0.29) is 30.4 Å². The SMILES string of the molecule is CCCN(CC=Cc1ccccc1)C(=O)N[C@@H]1C[C@H]2C(=O)NCC(=O)N2C1. The summed E-state index contributed by atoms with van der Waals surface area (Å²) in [5, 5.41) is 5.59. The molecule has 0 radical (unpaired) electrons. The molecule has 2 heterocycles. The summed E-state index contributed by atoms with van der Waals surface area (Å²) in [4.78, 5) is 39.9. The van der Waals surface area contributed by atoms with E-state index in [1.165, 1.54) is 0 Å². The van der Waals surface area contributed by atoms with E-state index >= 15 is 0 Å². The number of amides is 4. The van der Waals surface area contributed by atoms with E-state index in [0.29, 0.717) is 26.1 Å². The summed E-state index contributed by atoms with van der Waals surface area (Å²) in [5.41, 5.74) is 1.09. The summed E-state index contributed by atoms with van der Waals surface area (Å²) in [6, 6.07) is 9.11. The van der Waals surface area contributed by atoms with Gasteiger partial charge in [0, 0.05) is 19.6 Å². The van der Waals surface area contributed by atoms with Gasteiger partial charge in [0.25, 0.3) is 0 Å². The van der Waals surface area contributed by atoms with E-state index in [1.807, 2.05) is 49.4 Å². The Balaban J connectivity index is 1.56. The van der Waals surface area contributed by atoms with Crippen molar-refractivity contribution in [3.05, 3.63) is 42.0 Å². The maximum Gasteiger partial charge on any atom is 0.317 e. The molecule has 0 bridgehead atoms. The molecular formula is C20H26N4O3. The van der Waals surface area contributed by atoms with Gasteiger partial charge in [-0.2, -0.15) is 0 Å². The number of rotatable bonds is 6. The Morgan fingerprint density at radius 1 is 1.33 bits per heavy atom. The number of nitrogens with zero attached hydrogens (tertiary/aromatic N) is 2. The maximum atomic E-state index is 12.7. The van der Waals surface area contributed by atoms with E-state index in [1.54, 1.807) is 9.80 Å². The van der Waals surface area contributed by atoms with Gasteiger partial charge in [-0.25, -0.2) is 4.79 Å². The van der Waals surface area contributed by atoms with Gasteiger partial charge in [-0.05, 0) is 18.4 Å². The number of carbonyl (C=O) groups excluding carboxylic acids is 3. The van der Waals surface area contributed by atoms with Crippen molar-refractivity contribution < 1.29 is 14.4 Å². The topological polar surface area (TPSA) is 81.8 Å². The van der Waals surface area contributed by atoms with Crippen LogP contribution in [-0.4, -0.2) is 65.9 Å². The molecular weight excluding hydrogens is 344 g/mol. The molecule has 1 aromatic carbocycles. The predicted molar refractivity (Wildman–Crippen MR) is 103 cm³/mol. The highest BCUT2D eigenvalue weighted by atomic mass is 16.2. The standard InChI is InChI=1S/C20H26N4O3/c1-2-10-23(11-6-9-15-7-4-3-5-8-15)20(27)22-16-12-17-19(26)21-13-18(25)24(17)14-16/h3-9,16-17H,2,10-14H2,1H3,(H,21,26)(H,22,27)/t16-,17+/m1/s1. The van der Waals surface area contributed by atoms with E-state index in [2.05, 4.69) is 10.6 Å². The third kappa shape index (κ3) is 4.67. The van der Waals surface area contributed by atoms with Crippen LogP contribution in [0.2, 0.25) is 0 Å². The van der Waals surface area contributed by atoms with Crippen LogP contribution in [0.25, 0.3) is 6.08 Å². The summed E-state index contributed by atoms with van der Waals surface area (Å²) >= 11 is 0. The maximum absolute atomic E-state index is 12.7. The second-order valence-corrected chi connectivity index (χ2v) is 6.92.